The molecule has 1 aliphatic carbocycles. The first-order valence-corrected chi connectivity index (χ1v) is 8.56. The fourth-order valence-corrected chi connectivity index (χ4v) is 2.73. The lowest BCUT2D eigenvalue weighted by molar-refractivity contribution is -0.148. The van der Waals surface area contributed by atoms with E-state index in [1.165, 1.54) is 6.07 Å². The standard InChI is InChI=1S/C18H26FN3O2.HI/c1-20-18(22-13-14-7-2-5-10-16(14)19)21-12-6-11-17(23)24-15-8-3-4-9-15;/h2,5,7,10,15H,3-4,6,8-9,11-13H2,1H3,(H2,20,21,22);1H. The third kappa shape index (κ3) is 8.02. The molecule has 5 nitrogen and oxygen atoms in total. The van der Waals surface area contributed by atoms with E-state index in [0.29, 0.717) is 37.5 Å². The van der Waals surface area contributed by atoms with E-state index in [9.17, 15) is 9.18 Å². The van der Waals surface area contributed by atoms with Gasteiger partial charge < -0.3 is 15.4 Å². The lowest BCUT2D eigenvalue weighted by Crippen LogP contribution is -2.37. The molecule has 0 amide bonds. The van der Waals surface area contributed by atoms with Gasteiger partial charge in [0.25, 0.3) is 0 Å². The topological polar surface area (TPSA) is 62.7 Å². The van der Waals surface area contributed by atoms with Crippen LogP contribution < -0.4 is 10.6 Å². The highest BCUT2D eigenvalue weighted by atomic mass is 127. The first-order valence-electron chi connectivity index (χ1n) is 8.56. The summed E-state index contributed by atoms with van der Waals surface area (Å²) in [6.45, 7) is 0.965. The summed E-state index contributed by atoms with van der Waals surface area (Å²) >= 11 is 0. The van der Waals surface area contributed by atoms with Gasteiger partial charge in [0.05, 0.1) is 0 Å². The molecule has 25 heavy (non-hydrogen) atoms. The Kier molecular flexibility index (Phi) is 10.4. The van der Waals surface area contributed by atoms with Gasteiger partial charge in [0.1, 0.15) is 11.9 Å². The van der Waals surface area contributed by atoms with E-state index in [0.717, 1.165) is 25.7 Å². The summed E-state index contributed by atoms with van der Waals surface area (Å²) in [7, 11) is 1.66. The van der Waals surface area contributed by atoms with Crippen molar-refractivity contribution in [2.24, 2.45) is 4.99 Å². The number of rotatable bonds is 7. The molecule has 1 fully saturated rings. The largest absolute Gasteiger partial charge is 0.462 e. The number of carbonyl (C=O) groups is 1. The molecule has 2 rings (SSSR count). The van der Waals surface area contributed by atoms with Crippen LogP contribution in [0.4, 0.5) is 4.39 Å². The Morgan fingerprint density at radius 3 is 2.68 bits per heavy atom. The fourth-order valence-electron chi connectivity index (χ4n) is 2.73. The summed E-state index contributed by atoms with van der Waals surface area (Å²) in [5.74, 6) is 0.218. The zero-order valence-electron chi connectivity index (χ0n) is 14.6. The molecule has 0 bridgehead atoms. The number of guanidine groups is 1. The van der Waals surface area contributed by atoms with Crippen LogP contribution in [0.5, 0.6) is 0 Å². The van der Waals surface area contributed by atoms with Crippen LogP contribution in [0, 0.1) is 5.82 Å². The monoisotopic (exact) mass is 463 g/mol. The van der Waals surface area contributed by atoms with Gasteiger partial charge in [0, 0.05) is 32.1 Å². The van der Waals surface area contributed by atoms with E-state index < -0.39 is 0 Å². The molecule has 0 heterocycles. The number of nitrogens with one attached hydrogen (secondary N) is 2. The molecular weight excluding hydrogens is 436 g/mol. The van der Waals surface area contributed by atoms with Gasteiger partial charge in [-0.05, 0) is 38.2 Å². The van der Waals surface area contributed by atoms with Gasteiger partial charge in [-0.3, -0.25) is 9.79 Å². The summed E-state index contributed by atoms with van der Waals surface area (Å²) in [5, 5.41) is 6.17. The summed E-state index contributed by atoms with van der Waals surface area (Å²) < 4.78 is 19.0. The van der Waals surface area contributed by atoms with Crippen LogP contribution in [0.25, 0.3) is 0 Å². The van der Waals surface area contributed by atoms with Crippen molar-refractivity contribution >= 4 is 35.9 Å². The number of hydrogen-bond donors (Lipinski definition) is 2. The zero-order valence-corrected chi connectivity index (χ0v) is 16.9. The molecule has 0 atom stereocenters. The van der Waals surface area contributed by atoms with Gasteiger partial charge in [-0.2, -0.15) is 0 Å². The summed E-state index contributed by atoms with van der Waals surface area (Å²) in [6, 6.07) is 6.63. The SMILES string of the molecule is CN=C(NCCCC(=O)OC1CCCC1)NCc1ccccc1F.I. The number of carbonyl (C=O) groups excluding carboxylic acids is 1. The summed E-state index contributed by atoms with van der Waals surface area (Å²) in [4.78, 5) is 15.8. The van der Waals surface area contributed by atoms with Gasteiger partial charge in [-0.15, -0.1) is 24.0 Å². The van der Waals surface area contributed by atoms with Crippen molar-refractivity contribution in [2.75, 3.05) is 13.6 Å². The minimum atomic E-state index is -0.241. The predicted molar refractivity (Wildman–Crippen MR) is 108 cm³/mol. The van der Waals surface area contributed by atoms with Crippen molar-refractivity contribution in [1.82, 2.24) is 10.6 Å². The van der Waals surface area contributed by atoms with Gasteiger partial charge in [0.2, 0.25) is 0 Å². The Hall–Kier alpha value is -1.38. The van der Waals surface area contributed by atoms with Gasteiger partial charge in [0.15, 0.2) is 5.96 Å². The number of ether oxygens (including phenoxy) is 1. The smallest absolute Gasteiger partial charge is 0.306 e. The van der Waals surface area contributed by atoms with Crippen molar-refractivity contribution in [3.8, 4) is 0 Å². The Bertz CT molecular complexity index is 563. The van der Waals surface area contributed by atoms with E-state index in [-0.39, 0.29) is 41.9 Å². The molecule has 0 saturated heterocycles. The molecule has 1 aromatic rings. The molecule has 0 aliphatic heterocycles. The average Bonchev–Trinajstić information content (AvgIpc) is 3.08. The molecule has 1 aliphatic rings. The normalized spacial score (nSPS) is 14.7. The van der Waals surface area contributed by atoms with Crippen LogP contribution >= 0.6 is 24.0 Å². The second-order valence-corrected chi connectivity index (χ2v) is 5.94. The molecule has 0 unspecified atom stereocenters. The Morgan fingerprint density at radius 2 is 2.00 bits per heavy atom. The van der Waals surface area contributed by atoms with Crippen LogP contribution in [-0.4, -0.2) is 31.6 Å². The highest BCUT2D eigenvalue weighted by Gasteiger charge is 2.18. The lowest BCUT2D eigenvalue weighted by atomic mass is 10.2. The molecule has 2 N–H and O–H groups in total. The molecule has 0 spiro atoms. The van der Waals surface area contributed by atoms with Gasteiger partial charge in [-0.25, -0.2) is 4.39 Å². The Balaban J connectivity index is 0.00000312. The summed E-state index contributed by atoms with van der Waals surface area (Å²) in [6.07, 6.45) is 5.50. The van der Waals surface area contributed by atoms with Crippen molar-refractivity contribution in [3.63, 3.8) is 0 Å². The van der Waals surface area contributed by atoms with Crippen LogP contribution in [0.2, 0.25) is 0 Å². The molecule has 1 aromatic carbocycles. The van der Waals surface area contributed by atoms with E-state index in [4.69, 9.17) is 4.74 Å². The maximum atomic E-state index is 13.6. The molecule has 7 heteroatoms. The van der Waals surface area contributed by atoms with Crippen molar-refractivity contribution in [3.05, 3.63) is 35.6 Å². The number of hydrogen-bond acceptors (Lipinski definition) is 3. The van der Waals surface area contributed by atoms with Gasteiger partial charge in [-0.1, -0.05) is 18.2 Å². The third-order valence-electron chi connectivity index (χ3n) is 4.08. The number of esters is 1. The Labute approximate surface area is 165 Å². The van der Waals surface area contributed by atoms with E-state index in [1.807, 2.05) is 0 Å². The van der Waals surface area contributed by atoms with Crippen LogP contribution in [0.1, 0.15) is 44.1 Å². The van der Waals surface area contributed by atoms with Crippen molar-refractivity contribution < 1.29 is 13.9 Å². The minimum Gasteiger partial charge on any atom is -0.462 e. The Morgan fingerprint density at radius 1 is 1.28 bits per heavy atom. The number of aliphatic imine (C=N–C) groups is 1. The van der Waals surface area contributed by atoms with E-state index >= 15 is 0 Å². The second kappa shape index (κ2) is 12.1. The highest BCUT2D eigenvalue weighted by Crippen LogP contribution is 2.21. The lowest BCUT2D eigenvalue weighted by Gasteiger charge is -2.13. The number of benzene rings is 1. The maximum Gasteiger partial charge on any atom is 0.306 e. The molecule has 1 saturated carbocycles. The van der Waals surface area contributed by atoms with Crippen molar-refractivity contribution in [1.29, 1.82) is 0 Å². The van der Waals surface area contributed by atoms with Crippen LogP contribution in [-0.2, 0) is 16.1 Å². The maximum absolute atomic E-state index is 13.6. The molecule has 0 aromatic heterocycles. The molecular formula is C18H27FIN3O2. The quantitative estimate of drug-likeness (QED) is 0.214. The van der Waals surface area contributed by atoms with Crippen LogP contribution in [0.15, 0.2) is 29.3 Å². The summed E-state index contributed by atoms with van der Waals surface area (Å²) in [5.41, 5.74) is 0.584. The van der Waals surface area contributed by atoms with E-state index in [1.54, 1.807) is 25.2 Å². The minimum absolute atomic E-state index is 0. The number of halogens is 2. The number of nitrogens with zero attached hydrogens (tertiary/aromatic N) is 1. The fraction of sp³-hybridized carbons (Fsp3) is 0.556. The van der Waals surface area contributed by atoms with Crippen LogP contribution in [0.3, 0.4) is 0 Å². The van der Waals surface area contributed by atoms with Crippen molar-refractivity contribution in [2.45, 2.75) is 51.2 Å². The van der Waals surface area contributed by atoms with E-state index in [2.05, 4.69) is 15.6 Å². The molecule has 0 radical (unpaired) electrons. The predicted octanol–water partition coefficient (Wildman–Crippen LogP) is 3.37. The third-order valence-corrected chi connectivity index (χ3v) is 4.08. The first-order chi connectivity index (χ1) is 11.7. The highest BCUT2D eigenvalue weighted by molar-refractivity contribution is 14.0. The average molecular weight is 463 g/mol. The second-order valence-electron chi connectivity index (χ2n) is 5.94. The first kappa shape index (κ1) is 21.7. The van der Waals surface area contributed by atoms with Gasteiger partial charge >= 0.3 is 5.97 Å². The zero-order chi connectivity index (χ0) is 17.2. The molecule has 140 valence electrons.